The highest BCUT2D eigenvalue weighted by atomic mass is 32.2. The molecule has 2 atom stereocenters. The van der Waals surface area contributed by atoms with E-state index in [2.05, 4.69) is 0 Å². The van der Waals surface area contributed by atoms with E-state index in [9.17, 15) is 14.4 Å². The predicted octanol–water partition coefficient (Wildman–Crippen LogP) is 1.30. The largest absolute Gasteiger partial charge is 0.480 e. The van der Waals surface area contributed by atoms with Crippen molar-refractivity contribution in [1.29, 1.82) is 0 Å². The number of thioether (sulfide) groups is 1. The van der Waals surface area contributed by atoms with Crippen molar-refractivity contribution in [3.05, 3.63) is 0 Å². The van der Waals surface area contributed by atoms with Gasteiger partial charge in [0.25, 0.3) is 0 Å². The molecule has 1 N–H and O–H groups in total. The molecule has 22 heavy (non-hydrogen) atoms. The van der Waals surface area contributed by atoms with Crippen molar-refractivity contribution in [2.75, 3.05) is 31.6 Å². The number of carboxylic acids is 1. The number of hydrogen-bond acceptors (Lipinski definition) is 4. The van der Waals surface area contributed by atoms with E-state index in [0.29, 0.717) is 19.5 Å². The second-order valence-electron chi connectivity index (χ2n) is 5.81. The van der Waals surface area contributed by atoms with Gasteiger partial charge in [-0.1, -0.05) is 6.92 Å². The van der Waals surface area contributed by atoms with E-state index in [1.165, 1.54) is 11.8 Å². The fourth-order valence-corrected chi connectivity index (χ4v) is 3.53. The lowest BCUT2D eigenvalue weighted by atomic mass is 10.1. The first-order valence-corrected chi connectivity index (χ1v) is 9.03. The molecule has 1 aliphatic heterocycles. The lowest BCUT2D eigenvalue weighted by Gasteiger charge is -2.29. The van der Waals surface area contributed by atoms with Gasteiger partial charge in [-0.2, -0.15) is 11.8 Å². The minimum Gasteiger partial charge on any atom is -0.480 e. The Balaban J connectivity index is 2.66. The van der Waals surface area contributed by atoms with Crippen LogP contribution in [0.4, 0.5) is 0 Å². The Labute approximate surface area is 136 Å². The molecule has 7 heteroatoms. The molecule has 1 heterocycles. The van der Waals surface area contributed by atoms with Gasteiger partial charge in [0.2, 0.25) is 11.8 Å². The van der Waals surface area contributed by atoms with Gasteiger partial charge >= 0.3 is 5.97 Å². The van der Waals surface area contributed by atoms with Gasteiger partial charge in [-0.15, -0.1) is 0 Å². The van der Waals surface area contributed by atoms with Crippen molar-refractivity contribution in [1.82, 2.24) is 9.80 Å². The van der Waals surface area contributed by atoms with Gasteiger partial charge in [-0.05, 0) is 25.5 Å². The summed E-state index contributed by atoms with van der Waals surface area (Å²) in [7, 11) is 0. The average molecular weight is 330 g/mol. The minimum absolute atomic E-state index is 0.00511. The average Bonchev–Trinajstić information content (AvgIpc) is 2.69. The molecule has 1 aliphatic rings. The van der Waals surface area contributed by atoms with E-state index < -0.39 is 5.97 Å². The van der Waals surface area contributed by atoms with Crippen LogP contribution in [-0.4, -0.2) is 70.4 Å². The molecule has 0 spiro atoms. The first kappa shape index (κ1) is 18.8. The number of aliphatic carboxylic acids is 1. The van der Waals surface area contributed by atoms with E-state index >= 15 is 0 Å². The number of rotatable bonds is 6. The summed E-state index contributed by atoms with van der Waals surface area (Å²) in [4.78, 5) is 38.2. The van der Waals surface area contributed by atoms with Crippen LogP contribution in [0.1, 0.15) is 33.1 Å². The maximum Gasteiger partial charge on any atom is 0.323 e. The molecule has 6 nitrogen and oxygen atoms in total. The number of nitrogens with zero attached hydrogens (tertiary/aromatic N) is 2. The highest BCUT2D eigenvalue weighted by Gasteiger charge is 2.28. The molecular formula is C15H26N2O4S. The van der Waals surface area contributed by atoms with E-state index in [1.807, 2.05) is 18.1 Å². The molecule has 1 saturated heterocycles. The highest BCUT2D eigenvalue weighted by molar-refractivity contribution is 7.98. The predicted molar refractivity (Wildman–Crippen MR) is 86.8 cm³/mol. The zero-order valence-corrected chi connectivity index (χ0v) is 14.4. The third-order valence-electron chi connectivity index (χ3n) is 4.00. The normalized spacial score (nSPS) is 20.1. The molecule has 0 aromatic heterocycles. The van der Waals surface area contributed by atoms with Gasteiger partial charge in [-0.25, -0.2) is 0 Å². The van der Waals surface area contributed by atoms with E-state index in [1.54, 1.807) is 11.8 Å². The van der Waals surface area contributed by atoms with Crippen molar-refractivity contribution in [3.8, 4) is 0 Å². The van der Waals surface area contributed by atoms with Crippen LogP contribution < -0.4 is 0 Å². The quantitative estimate of drug-likeness (QED) is 0.794. The number of amides is 2. The number of likely N-dealkylation sites (tertiary alicyclic amines) is 1. The van der Waals surface area contributed by atoms with Crippen LogP contribution in [0.3, 0.4) is 0 Å². The molecule has 0 radical (unpaired) electrons. The maximum absolute atomic E-state index is 12.4. The van der Waals surface area contributed by atoms with Crippen molar-refractivity contribution in [2.24, 2.45) is 5.92 Å². The third-order valence-corrected chi connectivity index (χ3v) is 4.83. The van der Waals surface area contributed by atoms with Crippen LogP contribution in [0.25, 0.3) is 0 Å². The van der Waals surface area contributed by atoms with Crippen LogP contribution in [0.2, 0.25) is 0 Å². The molecule has 2 amide bonds. The molecule has 0 saturated carbocycles. The fraction of sp³-hybridized carbons (Fsp3) is 0.800. The third kappa shape index (κ3) is 5.51. The lowest BCUT2D eigenvalue weighted by molar-refractivity contribution is -0.145. The van der Waals surface area contributed by atoms with Gasteiger partial charge in [-0.3, -0.25) is 14.4 Å². The monoisotopic (exact) mass is 330 g/mol. The summed E-state index contributed by atoms with van der Waals surface area (Å²) in [6.45, 7) is 4.35. The topological polar surface area (TPSA) is 77.9 Å². The van der Waals surface area contributed by atoms with Gasteiger partial charge < -0.3 is 14.9 Å². The van der Waals surface area contributed by atoms with Crippen molar-refractivity contribution in [2.45, 2.75) is 39.2 Å². The summed E-state index contributed by atoms with van der Waals surface area (Å²) < 4.78 is 0. The van der Waals surface area contributed by atoms with Crippen LogP contribution in [0.15, 0.2) is 0 Å². The Morgan fingerprint density at radius 3 is 2.55 bits per heavy atom. The molecule has 0 aromatic rings. The smallest absolute Gasteiger partial charge is 0.323 e. The Hall–Kier alpha value is -1.24. The molecule has 1 fully saturated rings. The van der Waals surface area contributed by atoms with E-state index in [-0.39, 0.29) is 30.3 Å². The molecule has 0 aromatic carbocycles. The summed E-state index contributed by atoms with van der Waals surface area (Å²) in [5.74, 6) is -0.266. The Morgan fingerprint density at radius 2 is 2.00 bits per heavy atom. The molecule has 0 unspecified atom stereocenters. The van der Waals surface area contributed by atoms with Crippen LogP contribution in [-0.2, 0) is 14.4 Å². The Morgan fingerprint density at radius 1 is 1.32 bits per heavy atom. The van der Waals surface area contributed by atoms with E-state index in [0.717, 1.165) is 18.6 Å². The highest BCUT2D eigenvalue weighted by Crippen LogP contribution is 2.19. The summed E-state index contributed by atoms with van der Waals surface area (Å²) >= 11 is 1.66. The Kier molecular flexibility index (Phi) is 7.72. The first-order valence-electron chi connectivity index (χ1n) is 7.63. The summed E-state index contributed by atoms with van der Waals surface area (Å²) in [6, 6.07) is -0.0951. The first-order chi connectivity index (χ1) is 10.4. The zero-order valence-electron chi connectivity index (χ0n) is 13.6. The number of hydrogen-bond donors (Lipinski definition) is 1. The van der Waals surface area contributed by atoms with Crippen LogP contribution in [0.5, 0.6) is 0 Å². The van der Waals surface area contributed by atoms with Crippen molar-refractivity contribution < 1.29 is 19.5 Å². The number of carbonyl (C=O) groups excluding carboxylic acids is 2. The molecular weight excluding hydrogens is 304 g/mol. The zero-order chi connectivity index (χ0) is 16.7. The SMILES string of the molecule is CSC[C@@H](C)C(=O)N1CCC[C@H](N(CC(=O)O)C(C)=O)CC1. The van der Waals surface area contributed by atoms with Crippen molar-refractivity contribution >= 4 is 29.5 Å². The maximum atomic E-state index is 12.4. The standard InChI is InChI=1S/C15H26N2O4S/c1-11(10-22-3)15(21)16-7-4-5-13(6-8-16)17(12(2)18)9-14(19)20/h11,13H,4-10H2,1-3H3,(H,19,20)/t11-,13+/m1/s1. The van der Waals surface area contributed by atoms with Crippen molar-refractivity contribution in [3.63, 3.8) is 0 Å². The van der Waals surface area contributed by atoms with Gasteiger partial charge in [0.1, 0.15) is 6.54 Å². The number of carboxylic acid groups (broad SMARTS) is 1. The van der Waals surface area contributed by atoms with Crippen LogP contribution in [0, 0.1) is 5.92 Å². The Bertz CT molecular complexity index is 416. The summed E-state index contributed by atoms with van der Waals surface area (Å²) in [5, 5.41) is 8.95. The number of carbonyl (C=O) groups is 3. The van der Waals surface area contributed by atoms with E-state index in [4.69, 9.17) is 5.11 Å². The lowest BCUT2D eigenvalue weighted by Crippen LogP contribution is -2.43. The second kappa shape index (κ2) is 9.02. The molecule has 126 valence electrons. The van der Waals surface area contributed by atoms with Gasteiger partial charge in [0, 0.05) is 37.7 Å². The fourth-order valence-electron chi connectivity index (χ4n) is 2.89. The molecule has 0 bridgehead atoms. The minimum atomic E-state index is -0.999. The molecule has 0 aliphatic carbocycles. The second-order valence-corrected chi connectivity index (χ2v) is 6.72. The summed E-state index contributed by atoms with van der Waals surface area (Å²) in [6.07, 6.45) is 4.17. The molecule has 1 rings (SSSR count). The summed E-state index contributed by atoms with van der Waals surface area (Å²) in [5.41, 5.74) is 0. The van der Waals surface area contributed by atoms with Gasteiger partial charge in [0.15, 0.2) is 0 Å². The van der Waals surface area contributed by atoms with Gasteiger partial charge in [0.05, 0.1) is 0 Å². The van der Waals surface area contributed by atoms with Crippen LogP contribution >= 0.6 is 11.8 Å².